The lowest BCUT2D eigenvalue weighted by atomic mass is 10.0. The third-order valence-electron chi connectivity index (χ3n) is 3.93. The van der Waals surface area contributed by atoms with Gasteiger partial charge in [0.1, 0.15) is 12.4 Å². The lowest BCUT2D eigenvalue weighted by molar-refractivity contribution is -0.123. The molecule has 0 radical (unpaired) electrons. The van der Waals surface area contributed by atoms with Gasteiger partial charge < -0.3 is 15.8 Å². The maximum atomic E-state index is 12.3. The summed E-state index contributed by atoms with van der Waals surface area (Å²) in [5.41, 5.74) is 7.54. The highest BCUT2D eigenvalue weighted by molar-refractivity contribution is 6.04. The van der Waals surface area contributed by atoms with Gasteiger partial charge >= 0.3 is 0 Å². The summed E-state index contributed by atoms with van der Waals surface area (Å²) in [6, 6.07) is 10.9. The molecule has 3 rings (SSSR count). The largest absolute Gasteiger partial charge is 0.480 e. The number of aromatic nitrogens is 1. The molecule has 2 amide bonds. The smallest absolute Gasteiger partial charge is 0.266 e. The maximum Gasteiger partial charge on any atom is 0.266 e. The Morgan fingerprint density at radius 1 is 1.28 bits per heavy atom. The number of ether oxygens (including phenoxy) is 1. The maximum absolute atomic E-state index is 12.3. The molecule has 0 spiro atoms. The van der Waals surface area contributed by atoms with Crippen LogP contribution in [-0.4, -0.2) is 29.9 Å². The predicted octanol–water partition coefficient (Wildman–Crippen LogP) is 2.15. The van der Waals surface area contributed by atoms with Gasteiger partial charge in [-0.1, -0.05) is 26.0 Å². The van der Waals surface area contributed by atoms with Crippen LogP contribution in [0.1, 0.15) is 25.3 Å². The molecule has 7 heteroatoms. The third-order valence-corrected chi connectivity index (χ3v) is 3.93. The zero-order chi connectivity index (χ0) is 18.0. The molecule has 0 bridgehead atoms. The average Bonchev–Trinajstić information content (AvgIpc) is 2.58. The van der Waals surface area contributed by atoms with Gasteiger partial charge in [0.2, 0.25) is 5.91 Å². The molecule has 0 atom stereocenters. The lowest BCUT2D eigenvalue weighted by Crippen LogP contribution is -2.44. The van der Waals surface area contributed by atoms with Gasteiger partial charge in [-0.3, -0.25) is 14.5 Å². The summed E-state index contributed by atoms with van der Waals surface area (Å²) < 4.78 is 5.32. The molecular weight excluding hydrogens is 320 g/mol. The van der Waals surface area contributed by atoms with Crippen molar-refractivity contribution in [3.05, 3.63) is 42.0 Å². The second-order valence-corrected chi connectivity index (χ2v) is 6.15. The first-order valence-electron chi connectivity index (χ1n) is 8.03. The topological polar surface area (TPSA) is 97.5 Å². The molecule has 1 aliphatic rings. The average molecular weight is 340 g/mol. The van der Waals surface area contributed by atoms with Crippen LogP contribution in [0.25, 0.3) is 0 Å². The van der Waals surface area contributed by atoms with Crippen LogP contribution in [0.3, 0.4) is 0 Å². The quantitative estimate of drug-likeness (QED) is 0.889. The van der Waals surface area contributed by atoms with Crippen molar-refractivity contribution < 1.29 is 14.3 Å². The van der Waals surface area contributed by atoms with Crippen molar-refractivity contribution in [2.75, 3.05) is 29.1 Å². The Hall–Kier alpha value is -3.09. The Balaban J connectivity index is 1.72. The predicted molar refractivity (Wildman–Crippen MR) is 95.7 cm³/mol. The second-order valence-electron chi connectivity index (χ2n) is 6.15. The minimum Gasteiger partial charge on any atom is -0.480 e. The molecule has 0 fully saturated rings. The molecule has 0 saturated carbocycles. The van der Waals surface area contributed by atoms with Gasteiger partial charge in [0.15, 0.2) is 18.2 Å². The Bertz CT molecular complexity index is 802. The van der Waals surface area contributed by atoms with Crippen molar-refractivity contribution in [3.63, 3.8) is 0 Å². The summed E-state index contributed by atoms with van der Waals surface area (Å²) in [6.07, 6.45) is 0. The number of nitrogen functional groups attached to an aromatic ring is 1. The second kappa shape index (κ2) is 6.80. The number of carbonyl (C=O) groups is 2. The number of nitrogens with one attached hydrogen (secondary N) is 1. The number of hydrogen-bond acceptors (Lipinski definition) is 5. The molecule has 25 heavy (non-hydrogen) atoms. The van der Waals surface area contributed by atoms with Crippen molar-refractivity contribution in [2.24, 2.45) is 0 Å². The number of fused-ring (bicyclic) bond motifs is 1. The first-order chi connectivity index (χ1) is 11.9. The van der Waals surface area contributed by atoms with Crippen LogP contribution in [0.2, 0.25) is 0 Å². The van der Waals surface area contributed by atoms with Gasteiger partial charge in [0.25, 0.3) is 5.91 Å². The van der Waals surface area contributed by atoms with Crippen LogP contribution in [-0.2, 0) is 9.59 Å². The van der Waals surface area contributed by atoms with Gasteiger partial charge in [0, 0.05) is 5.69 Å². The molecule has 2 aromatic rings. The summed E-state index contributed by atoms with van der Waals surface area (Å²) >= 11 is 0. The first-order valence-corrected chi connectivity index (χ1v) is 8.03. The number of nitrogens with zero attached hydrogens (tertiary/aromatic N) is 2. The highest BCUT2D eigenvalue weighted by atomic mass is 16.5. The van der Waals surface area contributed by atoms with E-state index < -0.39 is 0 Å². The van der Waals surface area contributed by atoms with Crippen molar-refractivity contribution in [1.82, 2.24) is 4.98 Å². The lowest BCUT2D eigenvalue weighted by Gasteiger charge is -2.27. The van der Waals surface area contributed by atoms with Crippen LogP contribution in [0.4, 0.5) is 17.3 Å². The molecule has 1 aromatic heterocycles. The van der Waals surface area contributed by atoms with Gasteiger partial charge in [-0.2, -0.15) is 0 Å². The number of rotatable bonds is 4. The number of carbonyl (C=O) groups excluding carboxylic acids is 2. The van der Waals surface area contributed by atoms with Crippen LogP contribution in [0.15, 0.2) is 36.4 Å². The van der Waals surface area contributed by atoms with Crippen LogP contribution in [0, 0.1) is 0 Å². The molecule has 2 heterocycles. The Kier molecular flexibility index (Phi) is 4.56. The van der Waals surface area contributed by atoms with E-state index in [2.05, 4.69) is 24.1 Å². The monoisotopic (exact) mass is 340 g/mol. The van der Waals surface area contributed by atoms with E-state index in [4.69, 9.17) is 10.5 Å². The van der Waals surface area contributed by atoms with Gasteiger partial charge in [-0.15, -0.1) is 0 Å². The van der Waals surface area contributed by atoms with E-state index in [1.165, 1.54) is 10.5 Å². The standard InChI is InChI=1S/C18H20N4O3/c1-11(2)12-3-5-13(6-4-12)20-16(23)9-22-17(24)10-25-14-7-8-15(19)21-18(14)22/h3-8,11H,9-10H2,1-2H3,(H2,19,21)(H,20,23). The normalized spacial score (nSPS) is 13.4. The van der Waals surface area contributed by atoms with Gasteiger partial charge in [-0.25, -0.2) is 4.98 Å². The van der Waals surface area contributed by atoms with Gasteiger partial charge in [-0.05, 0) is 35.7 Å². The zero-order valence-corrected chi connectivity index (χ0v) is 14.2. The molecule has 1 aromatic carbocycles. The van der Waals surface area contributed by atoms with E-state index in [1.54, 1.807) is 12.1 Å². The van der Waals surface area contributed by atoms with Crippen LogP contribution >= 0.6 is 0 Å². The Morgan fingerprint density at radius 2 is 2.00 bits per heavy atom. The molecule has 0 unspecified atom stereocenters. The number of benzene rings is 1. The van der Waals surface area contributed by atoms with E-state index in [0.29, 0.717) is 17.4 Å². The van der Waals surface area contributed by atoms with Crippen molar-refractivity contribution >= 4 is 29.1 Å². The zero-order valence-electron chi connectivity index (χ0n) is 14.2. The van der Waals surface area contributed by atoms with E-state index in [9.17, 15) is 9.59 Å². The highest BCUT2D eigenvalue weighted by Crippen LogP contribution is 2.30. The van der Waals surface area contributed by atoms with Crippen LogP contribution in [0.5, 0.6) is 5.75 Å². The summed E-state index contributed by atoms with van der Waals surface area (Å²) in [5, 5.41) is 2.79. The van der Waals surface area contributed by atoms with E-state index in [0.717, 1.165) is 0 Å². The molecule has 0 aliphatic carbocycles. The van der Waals surface area contributed by atoms with E-state index in [1.807, 2.05) is 24.3 Å². The third kappa shape index (κ3) is 3.71. The van der Waals surface area contributed by atoms with Gasteiger partial charge in [0.05, 0.1) is 0 Å². The summed E-state index contributed by atoms with van der Waals surface area (Å²) in [7, 11) is 0. The number of amides is 2. The fraction of sp³-hybridized carbons (Fsp3) is 0.278. The Morgan fingerprint density at radius 3 is 2.68 bits per heavy atom. The number of nitrogens with two attached hydrogens (primary N) is 1. The minimum atomic E-state index is -0.337. The number of anilines is 3. The van der Waals surface area contributed by atoms with E-state index >= 15 is 0 Å². The summed E-state index contributed by atoms with van der Waals surface area (Å²) in [4.78, 5) is 29.9. The highest BCUT2D eigenvalue weighted by Gasteiger charge is 2.28. The number of pyridine rings is 1. The SMILES string of the molecule is CC(C)c1ccc(NC(=O)CN2C(=O)COc3ccc(N)nc32)cc1. The van der Waals surface area contributed by atoms with Crippen molar-refractivity contribution in [3.8, 4) is 5.75 Å². The first kappa shape index (κ1) is 16.8. The number of hydrogen-bond donors (Lipinski definition) is 2. The fourth-order valence-corrected chi connectivity index (χ4v) is 2.55. The molecule has 130 valence electrons. The summed E-state index contributed by atoms with van der Waals surface area (Å²) in [6.45, 7) is 3.92. The van der Waals surface area contributed by atoms with Crippen molar-refractivity contribution in [1.29, 1.82) is 0 Å². The Labute approximate surface area is 145 Å². The minimum absolute atomic E-state index is 0.130. The molecule has 3 N–H and O–H groups in total. The molecule has 1 aliphatic heterocycles. The van der Waals surface area contributed by atoms with Crippen molar-refractivity contribution in [2.45, 2.75) is 19.8 Å². The fourth-order valence-electron chi connectivity index (χ4n) is 2.55. The summed E-state index contributed by atoms with van der Waals surface area (Å²) in [5.74, 6) is 0.721. The molecule has 0 saturated heterocycles. The molecular formula is C18H20N4O3. The molecule has 7 nitrogen and oxygen atoms in total. The van der Waals surface area contributed by atoms with E-state index in [-0.39, 0.29) is 36.6 Å². The van der Waals surface area contributed by atoms with Crippen LogP contribution < -0.4 is 20.7 Å².